The van der Waals surface area contributed by atoms with Crippen molar-refractivity contribution in [3.05, 3.63) is 64.5 Å². The van der Waals surface area contributed by atoms with Gasteiger partial charge in [-0.25, -0.2) is 4.39 Å². The molecule has 1 amide bonds. The van der Waals surface area contributed by atoms with Crippen molar-refractivity contribution in [3.8, 4) is 11.3 Å². The average molecular weight is 391 g/mol. The highest BCUT2D eigenvalue weighted by molar-refractivity contribution is 6.33. The third-order valence-electron chi connectivity index (χ3n) is 4.28. The number of nitrogens with zero attached hydrogens (tertiary/aromatic N) is 2. The van der Waals surface area contributed by atoms with Crippen molar-refractivity contribution in [1.82, 2.24) is 15.1 Å². The van der Waals surface area contributed by atoms with Crippen LogP contribution in [0, 0.1) is 12.7 Å². The summed E-state index contributed by atoms with van der Waals surface area (Å²) in [6, 6.07) is 7.49. The van der Waals surface area contributed by atoms with Crippen LogP contribution in [0.5, 0.6) is 0 Å². The molecular formula is C19H20ClFN4O2. The van der Waals surface area contributed by atoms with Crippen LogP contribution in [0.3, 0.4) is 0 Å². The Bertz CT molecular complexity index is 947. The van der Waals surface area contributed by atoms with Crippen molar-refractivity contribution >= 4 is 17.5 Å². The number of benzene rings is 1. The van der Waals surface area contributed by atoms with E-state index in [-0.39, 0.29) is 24.2 Å². The number of rotatable bonds is 6. The topological polar surface area (TPSA) is 86.1 Å². The second-order valence-corrected chi connectivity index (χ2v) is 6.69. The zero-order valence-electron chi connectivity index (χ0n) is 15.0. The zero-order valence-corrected chi connectivity index (χ0v) is 15.8. The first-order valence-electron chi connectivity index (χ1n) is 8.42. The minimum Gasteiger partial charge on any atom is -0.455 e. The normalized spacial score (nSPS) is 12.2. The SMILES string of the molecule is Cc1oc(C(=O)NC(CN)Cc2cccc(F)c2)cc1-c1c(Cl)cnn1C. The number of amides is 1. The fraction of sp³-hybridized carbons (Fsp3) is 0.263. The molecule has 1 aromatic carbocycles. The first-order chi connectivity index (χ1) is 12.9. The molecule has 0 saturated carbocycles. The summed E-state index contributed by atoms with van der Waals surface area (Å²) >= 11 is 6.18. The molecule has 0 fully saturated rings. The Morgan fingerprint density at radius 2 is 2.22 bits per heavy atom. The number of hydrogen-bond acceptors (Lipinski definition) is 4. The van der Waals surface area contributed by atoms with Crippen molar-refractivity contribution in [2.75, 3.05) is 6.54 Å². The predicted octanol–water partition coefficient (Wildman–Crippen LogP) is 3.08. The fourth-order valence-corrected chi connectivity index (χ4v) is 3.21. The number of carbonyl (C=O) groups excluding carboxylic acids is 1. The van der Waals surface area contributed by atoms with Crippen molar-refractivity contribution in [3.63, 3.8) is 0 Å². The molecule has 0 aliphatic rings. The molecule has 8 heteroatoms. The molecule has 1 atom stereocenters. The van der Waals surface area contributed by atoms with Gasteiger partial charge < -0.3 is 15.5 Å². The molecule has 1 unspecified atom stereocenters. The van der Waals surface area contributed by atoms with Crippen LogP contribution in [-0.2, 0) is 13.5 Å². The van der Waals surface area contributed by atoms with Gasteiger partial charge in [0.2, 0.25) is 0 Å². The number of nitrogens with two attached hydrogens (primary N) is 1. The molecule has 0 saturated heterocycles. The maximum Gasteiger partial charge on any atom is 0.287 e. The second-order valence-electron chi connectivity index (χ2n) is 6.29. The van der Waals surface area contributed by atoms with Gasteiger partial charge in [0.25, 0.3) is 5.91 Å². The Morgan fingerprint density at radius 3 is 2.85 bits per heavy atom. The van der Waals surface area contributed by atoms with E-state index < -0.39 is 5.91 Å². The molecule has 0 radical (unpaired) electrons. The lowest BCUT2D eigenvalue weighted by atomic mass is 10.1. The first-order valence-corrected chi connectivity index (χ1v) is 8.80. The minimum absolute atomic E-state index is 0.150. The van der Waals surface area contributed by atoms with Crippen molar-refractivity contribution in [2.45, 2.75) is 19.4 Å². The molecule has 3 rings (SSSR count). The number of carbonyl (C=O) groups is 1. The van der Waals surface area contributed by atoms with Crippen LogP contribution in [0.25, 0.3) is 11.3 Å². The third-order valence-corrected chi connectivity index (χ3v) is 4.56. The average Bonchev–Trinajstić information content (AvgIpc) is 3.16. The van der Waals surface area contributed by atoms with Crippen LogP contribution in [0.4, 0.5) is 4.39 Å². The summed E-state index contributed by atoms with van der Waals surface area (Å²) in [5, 5.41) is 7.40. The maximum absolute atomic E-state index is 13.3. The van der Waals surface area contributed by atoms with E-state index >= 15 is 0 Å². The summed E-state index contributed by atoms with van der Waals surface area (Å²) in [6.45, 7) is 1.96. The van der Waals surface area contributed by atoms with E-state index in [0.717, 1.165) is 5.56 Å². The molecule has 0 aliphatic carbocycles. The highest BCUT2D eigenvalue weighted by Crippen LogP contribution is 2.31. The first kappa shape index (κ1) is 19.1. The van der Waals surface area contributed by atoms with Crippen molar-refractivity contribution < 1.29 is 13.6 Å². The predicted molar refractivity (Wildman–Crippen MR) is 101 cm³/mol. The highest BCUT2D eigenvalue weighted by Gasteiger charge is 2.21. The molecule has 27 heavy (non-hydrogen) atoms. The summed E-state index contributed by atoms with van der Waals surface area (Å²) in [6.07, 6.45) is 1.95. The fourth-order valence-electron chi connectivity index (χ4n) is 2.94. The molecule has 2 aromatic heterocycles. The summed E-state index contributed by atoms with van der Waals surface area (Å²) in [5.41, 5.74) is 7.89. The van der Waals surface area contributed by atoms with Gasteiger partial charge in [-0.2, -0.15) is 5.10 Å². The van der Waals surface area contributed by atoms with Gasteiger partial charge in [-0.1, -0.05) is 23.7 Å². The van der Waals surface area contributed by atoms with E-state index in [1.54, 1.807) is 36.9 Å². The molecule has 2 heterocycles. The van der Waals surface area contributed by atoms with Gasteiger partial charge >= 0.3 is 0 Å². The summed E-state index contributed by atoms with van der Waals surface area (Å²) in [5.74, 6) is -0.0130. The summed E-state index contributed by atoms with van der Waals surface area (Å²) in [7, 11) is 1.76. The summed E-state index contributed by atoms with van der Waals surface area (Å²) in [4.78, 5) is 12.6. The Hall–Kier alpha value is -2.64. The van der Waals surface area contributed by atoms with E-state index in [9.17, 15) is 9.18 Å². The van der Waals surface area contributed by atoms with Crippen LogP contribution in [-0.4, -0.2) is 28.3 Å². The van der Waals surface area contributed by atoms with Gasteiger partial charge in [0.15, 0.2) is 5.76 Å². The number of nitrogens with one attached hydrogen (secondary N) is 1. The number of halogens is 2. The number of aryl methyl sites for hydroxylation is 2. The minimum atomic E-state index is -0.394. The standard InChI is InChI=1S/C19H20ClFN4O2/c1-11-15(18-16(20)10-23-25(18)2)8-17(27-11)19(26)24-14(9-22)7-12-4-3-5-13(21)6-12/h3-6,8,10,14H,7,9,22H2,1-2H3,(H,24,26). The Labute approximate surface area is 161 Å². The van der Waals surface area contributed by atoms with Crippen LogP contribution in [0.15, 0.2) is 40.9 Å². The van der Waals surface area contributed by atoms with Gasteiger partial charge in [-0.3, -0.25) is 9.48 Å². The highest BCUT2D eigenvalue weighted by atomic mass is 35.5. The van der Waals surface area contributed by atoms with Gasteiger partial charge in [-0.15, -0.1) is 0 Å². The second kappa shape index (κ2) is 7.94. The molecule has 3 N–H and O–H groups in total. The Morgan fingerprint density at radius 1 is 1.44 bits per heavy atom. The Kier molecular flexibility index (Phi) is 5.62. The zero-order chi connectivity index (χ0) is 19.6. The van der Waals surface area contributed by atoms with Gasteiger partial charge in [0.05, 0.1) is 16.9 Å². The quantitative estimate of drug-likeness (QED) is 0.677. The molecule has 0 spiro atoms. The van der Waals surface area contributed by atoms with Gasteiger partial charge in [0, 0.05) is 25.2 Å². The van der Waals surface area contributed by atoms with Crippen LogP contribution >= 0.6 is 11.6 Å². The molecule has 142 valence electrons. The van der Waals surface area contributed by atoms with E-state index in [0.29, 0.717) is 28.5 Å². The van der Waals surface area contributed by atoms with Gasteiger partial charge in [0.1, 0.15) is 11.6 Å². The lowest BCUT2D eigenvalue weighted by Crippen LogP contribution is -2.41. The molecule has 0 bridgehead atoms. The largest absolute Gasteiger partial charge is 0.455 e. The van der Waals surface area contributed by atoms with E-state index in [1.165, 1.54) is 18.3 Å². The monoisotopic (exact) mass is 390 g/mol. The Balaban J connectivity index is 1.76. The molecular weight excluding hydrogens is 371 g/mol. The van der Waals surface area contributed by atoms with Crippen LogP contribution < -0.4 is 11.1 Å². The smallest absolute Gasteiger partial charge is 0.287 e. The molecule has 6 nitrogen and oxygen atoms in total. The molecule has 3 aromatic rings. The van der Waals surface area contributed by atoms with E-state index in [1.807, 2.05) is 0 Å². The number of hydrogen-bond donors (Lipinski definition) is 2. The van der Waals surface area contributed by atoms with Gasteiger partial charge in [-0.05, 0) is 37.1 Å². The van der Waals surface area contributed by atoms with Crippen LogP contribution in [0.1, 0.15) is 21.9 Å². The summed E-state index contributed by atoms with van der Waals surface area (Å²) < 4.78 is 20.6. The number of aromatic nitrogens is 2. The lowest BCUT2D eigenvalue weighted by Gasteiger charge is -2.16. The number of furan rings is 1. The molecule has 0 aliphatic heterocycles. The van der Waals surface area contributed by atoms with E-state index in [4.69, 9.17) is 21.8 Å². The van der Waals surface area contributed by atoms with E-state index in [2.05, 4.69) is 10.4 Å². The maximum atomic E-state index is 13.3. The van der Waals surface area contributed by atoms with Crippen LogP contribution in [0.2, 0.25) is 5.02 Å². The lowest BCUT2D eigenvalue weighted by molar-refractivity contribution is 0.0908. The van der Waals surface area contributed by atoms with Crippen molar-refractivity contribution in [2.24, 2.45) is 12.8 Å². The third kappa shape index (κ3) is 4.20. The van der Waals surface area contributed by atoms with Crippen molar-refractivity contribution in [1.29, 1.82) is 0 Å².